The number of fused-ring (bicyclic) bond motifs is 1. The summed E-state index contributed by atoms with van der Waals surface area (Å²) in [6, 6.07) is 19.7. The van der Waals surface area contributed by atoms with E-state index in [1.165, 1.54) is 6.92 Å². The van der Waals surface area contributed by atoms with E-state index in [4.69, 9.17) is 4.74 Å². The van der Waals surface area contributed by atoms with E-state index in [0.717, 1.165) is 37.8 Å². The first-order valence-electron chi connectivity index (χ1n) is 11.2. The highest BCUT2D eigenvalue weighted by molar-refractivity contribution is 7.99. The highest BCUT2D eigenvalue weighted by Crippen LogP contribution is 2.37. The SMILES string of the molecule is CCOC(=O)Cc1ccc2c(Nc3cc(C)ccc3Sc3ccc(NC(C)=O)cc3)ccnc2n1. The van der Waals surface area contributed by atoms with E-state index >= 15 is 0 Å². The molecule has 1 amide bonds. The van der Waals surface area contributed by atoms with Crippen LogP contribution < -0.4 is 10.6 Å². The van der Waals surface area contributed by atoms with E-state index in [9.17, 15) is 9.59 Å². The molecular formula is C27H26N4O3S. The van der Waals surface area contributed by atoms with Crippen molar-refractivity contribution in [3.63, 3.8) is 0 Å². The van der Waals surface area contributed by atoms with Gasteiger partial charge in [-0.1, -0.05) is 17.8 Å². The highest BCUT2D eigenvalue weighted by atomic mass is 32.2. The molecule has 0 unspecified atom stereocenters. The standard InChI is InChI=1S/C27H26N4O3S/c1-4-34-26(33)16-20-8-11-22-23(13-14-28-27(22)30-20)31-24-15-17(2)5-12-25(24)35-21-9-6-19(7-10-21)29-18(3)32/h5-15H,4,16H2,1-3H3,(H,29,32)(H,28,30,31). The van der Waals surface area contributed by atoms with Gasteiger partial charge in [0.05, 0.1) is 30.1 Å². The van der Waals surface area contributed by atoms with Gasteiger partial charge in [-0.05, 0) is 74.0 Å². The van der Waals surface area contributed by atoms with Crippen LogP contribution in [-0.2, 0) is 20.7 Å². The van der Waals surface area contributed by atoms with Crippen LogP contribution in [0.25, 0.3) is 11.0 Å². The monoisotopic (exact) mass is 486 g/mol. The molecule has 2 aromatic carbocycles. The molecule has 0 aliphatic heterocycles. The normalized spacial score (nSPS) is 10.7. The van der Waals surface area contributed by atoms with Crippen molar-refractivity contribution in [3.05, 3.63) is 78.1 Å². The van der Waals surface area contributed by atoms with E-state index in [2.05, 4.69) is 45.7 Å². The molecule has 0 radical (unpaired) electrons. The van der Waals surface area contributed by atoms with E-state index in [0.29, 0.717) is 17.9 Å². The van der Waals surface area contributed by atoms with E-state index < -0.39 is 0 Å². The third kappa shape index (κ3) is 6.36. The smallest absolute Gasteiger partial charge is 0.311 e. The van der Waals surface area contributed by atoms with Gasteiger partial charge in [0.2, 0.25) is 5.91 Å². The second-order valence-corrected chi connectivity index (χ2v) is 9.06. The van der Waals surface area contributed by atoms with Crippen LogP contribution in [-0.4, -0.2) is 28.5 Å². The second-order valence-electron chi connectivity index (χ2n) is 7.95. The molecule has 7 nitrogen and oxygen atoms in total. The number of carbonyl (C=O) groups is 2. The summed E-state index contributed by atoms with van der Waals surface area (Å²) in [5.74, 6) is -0.400. The van der Waals surface area contributed by atoms with Gasteiger partial charge < -0.3 is 15.4 Å². The second kappa shape index (κ2) is 11.0. The number of aromatic nitrogens is 2. The van der Waals surface area contributed by atoms with Crippen LogP contribution in [0.15, 0.2) is 76.7 Å². The van der Waals surface area contributed by atoms with Gasteiger partial charge in [0, 0.05) is 34.0 Å². The zero-order chi connectivity index (χ0) is 24.8. The van der Waals surface area contributed by atoms with Crippen LogP contribution in [0.4, 0.5) is 17.1 Å². The minimum Gasteiger partial charge on any atom is -0.466 e. The van der Waals surface area contributed by atoms with Crippen LogP contribution in [0.5, 0.6) is 0 Å². The number of rotatable bonds is 8. The number of nitrogens with one attached hydrogen (secondary N) is 2. The number of nitrogens with zero attached hydrogens (tertiary/aromatic N) is 2. The molecule has 2 N–H and O–H groups in total. The number of carbonyl (C=O) groups excluding carboxylic acids is 2. The lowest BCUT2D eigenvalue weighted by Crippen LogP contribution is -2.09. The zero-order valence-electron chi connectivity index (χ0n) is 19.8. The lowest BCUT2D eigenvalue weighted by molar-refractivity contribution is -0.142. The fourth-order valence-electron chi connectivity index (χ4n) is 3.55. The Morgan fingerprint density at radius 2 is 1.80 bits per heavy atom. The molecule has 4 rings (SSSR count). The molecule has 0 spiro atoms. The van der Waals surface area contributed by atoms with Crippen LogP contribution in [0, 0.1) is 6.92 Å². The topological polar surface area (TPSA) is 93.2 Å². The first kappa shape index (κ1) is 24.2. The molecule has 0 fully saturated rings. The van der Waals surface area contributed by atoms with Gasteiger partial charge in [-0.2, -0.15) is 0 Å². The number of pyridine rings is 2. The van der Waals surface area contributed by atoms with Crippen LogP contribution in [0.2, 0.25) is 0 Å². The highest BCUT2D eigenvalue weighted by Gasteiger charge is 2.11. The molecule has 2 heterocycles. The third-order valence-electron chi connectivity index (χ3n) is 5.10. The van der Waals surface area contributed by atoms with Crippen LogP contribution in [0.3, 0.4) is 0 Å². The number of ether oxygens (including phenoxy) is 1. The number of hydrogen-bond donors (Lipinski definition) is 2. The van der Waals surface area contributed by atoms with E-state index in [1.54, 1.807) is 24.9 Å². The summed E-state index contributed by atoms with van der Waals surface area (Å²) in [6.07, 6.45) is 1.82. The molecular weight excluding hydrogens is 460 g/mol. The summed E-state index contributed by atoms with van der Waals surface area (Å²) in [5, 5.41) is 7.19. The molecule has 2 aromatic heterocycles. The Morgan fingerprint density at radius 3 is 2.54 bits per heavy atom. The van der Waals surface area contributed by atoms with Gasteiger partial charge in [-0.15, -0.1) is 0 Å². The minimum absolute atomic E-state index is 0.0949. The van der Waals surface area contributed by atoms with Gasteiger partial charge in [0.1, 0.15) is 0 Å². The quantitative estimate of drug-likeness (QED) is 0.300. The molecule has 0 aliphatic carbocycles. The maximum absolute atomic E-state index is 11.8. The Bertz CT molecular complexity index is 1370. The van der Waals surface area contributed by atoms with Crippen LogP contribution >= 0.6 is 11.8 Å². The fraction of sp³-hybridized carbons (Fsp3) is 0.185. The summed E-state index contributed by atoms with van der Waals surface area (Å²) in [5.41, 5.74) is 4.92. The number of hydrogen-bond acceptors (Lipinski definition) is 7. The molecule has 0 saturated heterocycles. The van der Waals surface area contributed by atoms with Gasteiger partial charge in [0.25, 0.3) is 0 Å². The number of anilines is 3. The molecule has 0 bridgehead atoms. The maximum Gasteiger partial charge on any atom is 0.311 e. The summed E-state index contributed by atoms with van der Waals surface area (Å²) < 4.78 is 5.02. The number of amides is 1. The third-order valence-corrected chi connectivity index (χ3v) is 6.18. The average molecular weight is 487 g/mol. The zero-order valence-corrected chi connectivity index (χ0v) is 20.6. The van der Waals surface area contributed by atoms with Gasteiger partial charge in [-0.3, -0.25) is 9.59 Å². The lowest BCUT2D eigenvalue weighted by Gasteiger charge is -2.15. The average Bonchev–Trinajstić information content (AvgIpc) is 2.82. The van der Waals surface area contributed by atoms with Crippen molar-refractivity contribution in [2.45, 2.75) is 37.0 Å². The predicted molar refractivity (Wildman–Crippen MR) is 139 cm³/mol. The van der Waals surface area contributed by atoms with Gasteiger partial charge in [0.15, 0.2) is 5.65 Å². The van der Waals surface area contributed by atoms with E-state index in [-0.39, 0.29) is 18.3 Å². The first-order valence-corrected chi connectivity index (χ1v) is 12.1. The molecule has 4 aromatic rings. The summed E-state index contributed by atoms with van der Waals surface area (Å²) in [7, 11) is 0. The minimum atomic E-state index is -0.305. The Morgan fingerprint density at radius 1 is 1.00 bits per heavy atom. The number of esters is 1. The molecule has 178 valence electrons. The van der Waals surface area contributed by atoms with Crippen molar-refractivity contribution in [1.82, 2.24) is 9.97 Å². The molecule has 0 aliphatic rings. The number of aryl methyl sites for hydroxylation is 1. The molecule has 8 heteroatoms. The summed E-state index contributed by atoms with van der Waals surface area (Å²) in [6.45, 7) is 5.67. The Hall–Kier alpha value is -3.91. The van der Waals surface area contributed by atoms with Gasteiger partial charge in [-0.25, -0.2) is 9.97 Å². The van der Waals surface area contributed by atoms with Crippen molar-refractivity contribution in [1.29, 1.82) is 0 Å². The maximum atomic E-state index is 11.8. The summed E-state index contributed by atoms with van der Waals surface area (Å²) in [4.78, 5) is 34.1. The van der Waals surface area contributed by atoms with Crippen molar-refractivity contribution >= 4 is 51.7 Å². The molecule has 0 atom stereocenters. The van der Waals surface area contributed by atoms with Crippen molar-refractivity contribution in [2.75, 3.05) is 17.2 Å². The molecule has 35 heavy (non-hydrogen) atoms. The fourth-order valence-corrected chi connectivity index (χ4v) is 4.43. The Kier molecular flexibility index (Phi) is 7.62. The largest absolute Gasteiger partial charge is 0.466 e. The lowest BCUT2D eigenvalue weighted by atomic mass is 10.2. The van der Waals surface area contributed by atoms with Crippen molar-refractivity contribution in [2.24, 2.45) is 0 Å². The van der Waals surface area contributed by atoms with Crippen molar-refractivity contribution < 1.29 is 14.3 Å². The van der Waals surface area contributed by atoms with Gasteiger partial charge >= 0.3 is 5.97 Å². The number of benzene rings is 2. The predicted octanol–water partition coefficient (Wildman–Crippen LogP) is 5.90. The first-order chi connectivity index (χ1) is 16.9. The molecule has 0 saturated carbocycles. The van der Waals surface area contributed by atoms with Crippen molar-refractivity contribution in [3.8, 4) is 0 Å². The Balaban J connectivity index is 1.59. The summed E-state index contributed by atoms with van der Waals surface area (Å²) >= 11 is 1.63. The van der Waals surface area contributed by atoms with E-state index in [1.807, 2.05) is 42.5 Å². The van der Waals surface area contributed by atoms with Crippen LogP contribution in [0.1, 0.15) is 25.1 Å². The Labute approximate surface area is 208 Å².